The minimum absolute atomic E-state index is 0.138. The molecule has 7 heteroatoms. The molecule has 1 aliphatic rings. The number of ether oxygens (including phenoxy) is 1. The molecule has 1 aliphatic heterocycles. The molecule has 0 atom stereocenters. The molecule has 5 nitrogen and oxygen atoms in total. The maximum Gasteiger partial charge on any atom is 0.191 e. The minimum atomic E-state index is -0.295. The molecule has 28 heavy (non-hydrogen) atoms. The van der Waals surface area contributed by atoms with E-state index in [9.17, 15) is 4.39 Å². The third-order valence-corrected chi connectivity index (χ3v) is 6.30. The Morgan fingerprint density at radius 2 is 2.07 bits per heavy atom. The SMILES string of the molecule is CCNC(=NCC(C)(C)SC)NC1CCN(Cc2ccc(OC)c(F)c2)CC1. The summed E-state index contributed by atoms with van der Waals surface area (Å²) >= 11 is 1.83. The van der Waals surface area contributed by atoms with Crippen LogP contribution in [0.25, 0.3) is 0 Å². The minimum Gasteiger partial charge on any atom is -0.494 e. The van der Waals surface area contributed by atoms with Crippen LogP contribution in [0.15, 0.2) is 23.2 Å². The van der Waals surface area contributed by atoms with Crippen molar-refractivity contribution in [2.45, 2.75) is 50.9 Å². The van der Waals surface area contributed by atoms with Crippen molar-refractivity contribution in [1.82, 2.24) is 15.5 Å². The molecular formula is C21H35FN4OS. The lowest BCUT2D eigenvalue weighted by molar-refractivity contribution is 0.198. The summed E-state index contributed by atoms with van der Waals surface area (Å²) in [5, 5.41) is 6.95. The van der Waals surface area contributed by atoms with E-state index in [1.807, 2.05) is 17.8 Å². The topological polar surface area (TPSA) is 48.9 Å². The third-order valence-electron chi connectivity index (χ3n) is 5.07. The predicted molar refractivity (Wildman–Crippen MR) is 118 cm³/mol. The average molecular weight is 411 g/mol. The van der Waals surface area contributed by atoms with Gasteiger partial charge in [0.1, 0.15) is 0 Å². The number of nitrogens with one attached hydrogen (secondary N) is 2. The van der Waals surface area contributed by atoms with Crippen molar-refractivity contribution in [1.29, 1.82) is 0 Å². The van der Waals surface area contributed by atoms with Crippen LogP contribution in [0.1, 0.15) is 39.2 Å². The second-order valence-corrected chi connectivity index (χ2v) is 9.34. The van der Waals surface area contributed by atoms with Gasteiger partial charge in [-0.25, -0.2) is 4.39 Å². The fourth-order valence-corrected chi connectivity index (χ4v) is 3.34. The van der Waals surface area contributed by atoms with Gasteiger partial charge in [-0.1, -0.05) is 6.07 Å². The first-order valence-electron chi connectivity index (χ1n) is 10.0. The normalized spacial score (nSPS) is 16.9. The molecule has 0 bridgehead atoms. The summed E-state index contributed by atoms with van der Waals surface area (Å²) in [5.74, 6) is 0.906. The Bertz CT molecular complexity index is 645. The molecule has 0 unspecified atom stereocenters. The van der Waals surface area contributed by atoms with E-state index in [1.54, 1.807) is 12.1 Å². The number of rotatable bonds is 8. The molecule has 2 N–H and O–H groups in total. The number of likely N-dealkylation sites (tertiary alicyclic amines) is 1. The first-order valence-corrected chi connectivity index (χ1v) is 11.2. The fraction of sp³-hybridized carbons (Fsp3) is 0.667. The van der Waals surface area contributed by atoms with Gasteiger partial charge in [0, 0.05) is 37.0 Å². The highest BCUT2D eigenvalue weighted by Crippen LogP contribution is 2.22. The fourth-order valence-electron chi connectivity index (χ4n) is 3.15. The molecule has 0 amide bonds. The third kappa shape index (κ3) is 7.17. The number of piperidine rings is 1. The Morgan fingerprint density at radius 1 is 1.36 bits per heavy atom. The van der Waals surface area contributed by atoms with Gasteiger partial charge in [-0.3, -0.25) is 9.89 Å². The van der Waals surface area contributed by atoms with Crippen LogP contribution in [0.4, 0.5) is 4.39 Å². The summed E-state index contributed by atoms with van der Waals surface area (Å²) in [5.41, 5.74) is 0.985. The molecule has 2 rings (SSSR count). The first-order chi connectivity index (χ1) is 13.4. The van der Waals surface area contributed by atoms with Crippen molar-refractivity contribution < 1.29 is 9.13 Å². The predicted octanol–water partition coefficient (Wildman–Crippen LogP) is 3.50. The van der Waals surface area contributed by atoms with Gasteiger partial charge in [-0.05, 0) is 57.6 Å². The Morgan fingerprint density at radius 3 is 2.64 bits per heavy atom. The molecule has 1 aromatic carbocycles. The number of halogens is 1. The lowest BCUT2D eigenvalue weighted by Crippen LogP contribution is -2.48. The van der Waals surface area contributed by atoms with Gasteiger partial charge in [-0.15, -0.1) is 0 Å². The molecular weight excluding hydrogens is 375 g/mol. The maximum atomic E-state index is 13.9. The number of hydrogen-bond acceptors (Lipinski definition) is 4. The van der Waals surface area contributed by atoms with E-state index in [0.717, 1.165) is 57.1 Å². The van der Waals surface area contributed by atoms with Gasteiger partial charge < -0.3 is 15.4 Å². The monoisotopic (exact) mass is 410 g/mol. The lowest BCUT2D eigenvalue weighted by Gasteiger charge is -2.33. The van der Waals surface area contributed by atoms with Crippen LogP contribution in [-0.4, -0.2) is 61.2 Å². The quantitative estimate of drug-likeness (QED) is 0.507. The van der Waals surface area contributed by atoms with Crippen molar-refractivity contribution >= 4 is 17.7 Å². The molecule has 1 saturated heterocycles. The summed E-state index contributed by atoms with van der Waals surface area (Å²) in [4.78, 5) is 7.14. The van der Waals surface area contributed by atoms with Crippen molar-refractivity contribution in [2.24, 2.45) is 4.99 Å². The van der Waals surface area contributed by atoms with Gasteiger partial charge >= 0.3 is 0 Å². The standard InChI is InChI=1S/C21H35FN4OS/c1-6-23-20(24-15-21(2,3)28-5)25-17-9-11-26(12-10-17)14-16-7-8-19(27-4)18(22)13-16/h7-8,13,17H,6,9-12,14-15H2,1-5H3,(H2,23,24,25). The molecule has 0 aromatic heterocycles. The molecule has 158 valence electrons. The maximum absolute atomic E-state index is 13.9. The van der Waals surface area contributed by atoms with Crippen LogP contribution in [0, 0.1) is 5.82 Å². The molecule has 1 heterocycles. The summed E-state index contributed by atoms with van der Waals surface area (Å²) < 4.78 is 19.0. The van der Waals surface area contributed by atoms with E-state index < -0.39 is 0 Å². The second-order valence-electron chi connectivity index (χ2n) is 7.82. The summed E-state index contributed by atoms with van der Waals surface area (Å²) in [6.07, 6.45) is 4.23. The van der Waals surface area contributed by atoms with E-state index >= 15 is 0 Å². The zero-order valence-corrected chi connectivity index (χ0v) is 18.7. The molecule has 0 spiro atoms. The van der Waals surface area contributed by atoms with E-state index in [2.05, 4.69) is 42.6 Å². The zero-order chi connectivity index (χ0) is 20.6. The Balaban J connectivity index is 1.84. The van der Waals surface area contributed by atoms with Crippen LogP contribution < -0.4 is 15.4 Å². The van der Waals surface area contributed by atoms with Crippen molar-refractivity contribution in [3.05, 3.63) is 29.6 Å². The molecule has 1 aromatic rings. The van der Waals surface area contributed by atoms with E-state index in [-0.39, 0.29) is 10.6 Å². The molecule has 0 saturated carbocycles. The van der Waals surface area contributed by atoms with E-state index in [1.165, 1.54) is 7.11 Å². The number of hydrogen-bond donors (Lipinski definition) is 2. The van der Waals surface area contributed by atoms with Crippen LogP contribution in [-0.2, 0) is 6.54 Å². The van der Waals surface area contributed by atoms with Crippen LogP contribution in [0.5, 0.6) is 5.75 Å². The van der Waals surface area contributed by atoms with Gasteiger partial charge in [0.15, 0.2) is 17.5 Å². The number of benzene rings is 1. The van der Waals surface area contributed by atoms with Crippen LogP contribution >= 0.6 is 11.8 Å². The average Bonchev–Trinajstić information content (AvgIpc) is 2.68. The summed E-state index contributed by atoms with van der Waals surface area (Å²) in [6.45, 7) is 10.9. The van der Waals surface area contributed by atoms with Crippen LogP contribution in [0.3, 0.4) is 0 Å². The van der Waals surface area contributed by atoms with Crippen molar-refractivity contribution in [3.63, 3.8) is 0 Å². The first kappa shape index (κ1) is 22.8. The van der Waals surface area contributed by atoms with Gasteiger partial charge in [-0.2, -0.15) is 11.8 Å². The Labute approximate surface area is 173 Å². The second kappa shape index (κ2) is 10.9. The Kier molecular flexibility index (Phi) is 8.89. The largest absolute Gasteiger partial charge is 0.494 e. The van der Waals surface area contributed by atoms with E-state index in [4.69, 9.17) is 9.73 Å². The van der Waals surface area contributed by atoms with Crippen molar-refractivity contribution in [3.8, 4) is 5.75 Å². The molecule has 1 fully saturated rings. The number of aliphatic imine (C=N–C) groups is 1. The highest BCUT2D eigenvalue weighted by molar-refractivity contribution is 7.99. The lowest BCUT2D eigenvalue weighted by atomic mass is 10.0. The number of nitrogens with zero attached hydrogens (tertiary/aromatic N) is 2. The van der Waals surface area contributed by atoms with Crippen molar-refractivity contribution in [2.75, 3.05) is 39.5 Å². The van der Waals surface area contributed by atoms with Gasteiger partial charge in [0.05, 0.1) is 13.7 Å². The number of guanidine groups is 1. The van der Waals surface area contributed by atoms with Crippen LogP contribution in [0.2, 0.25) is 0 Å². The number of thioether (sulfide) groups is 1. The molecule has 0 aliphatic carbocycles. The van der Waals surface area contributed by atoms with E-state index in [0.29, 0.717) is 11.8 Å². The number of methoxy groups -OCH3 is 1. The van der Waals surface area contributed by atoms with Gasteiger partial charge in [0.25, 0.3) is 0 Å². The molecule has 0 radical (unpaired) electrons. The highest BCUT2D eigenvalue weighted by Gasteiger charge is 2.21. The summed E-state index contributed by atoms with van der Waals surface area (Å²) in [7, 11) is 1.49. The highest BCUT2D eigenvalue weighted by atomic mass is 32.2. The summed E-state index contributed by atoms with van der Waals surface area (Å²) in [6, 6.07) is 5.63. The zero-order valence-electron chi connectivity index (χ0n) is 17.8. The van der Waals surface area contributed by atoms with Gasteiger partial charge in [0.2, 0.25) is 0 Å². The Hall–Kier alpha value is -1.47. The smallest absolute Gasteiger partial charge is 0.191 e.